The summed E-state index contributed by atoms with van der Waals surface area (Å²) in [5, 5.41) is 8.05. The monoisotopic (exact) mass is 284 g/mol. The normalized spacial score (nSPS) is 11.0. The van der Waals surface area contributed by atoms with E-state index in [-0.39, 0.29) is 5.91 Å². The molecule has 0 aliphatic heterocycles. The minimum atomic E-state index is -0.165. The van der Waals surface area contributed by atoms with Gasteiger partial charge in [-0.3, -0.25) is 9.48 Å². The average molecular weight is 284 g/mol. The van der Waals surface area contributed by atoms with Gasteiger partial charge in [-0.25, -0.2) is 4.98 Å². The van der Waals surface area contributed by atoms with Crippen molar-refractivity contribution in [2.45, 2.75) is 20.4 Å². The lowest BCUT2D eigenvalue weighted by molar-refractivity contribution is 0.0947. The Morgan fingerprint density at radius 2 is 2.19 bits per heavy atom. The van der Waals surface area contributed by atoms with Crippen molar-refractivity contribution in [1.82, 2.24) is 20.1 Å². The van der Waals surface area contributed by atoms with E-state index in [0.29, 0.717) is 23.6 Å². The van der Waals surface area contributed by atoms with Gasteiger partial charge in [-0.1, -0.05) is 0 Å². The molecule has 3 aromatic heterocycles. The Morgan fingerprint density at radius 1 is 1.38 bits per heavy atom. The lowest BCUT2D eigenvalue weighted by atomic mass is 10.1. The summed E-state index contributed by atoms with van der Waals surface area (Å²) in [6.45, 7) is 4.09. The number of fused-ring (bicyclic) bond motifs is 1. The van der Waals surface area contributed by atoms with Gasteiger partial charge in [-0.2, -0.15) is 5.10 Å². The van der Waals surface area contributed by atoms with Crippen LogP contribution in [0.3, 0.4) is 0 Å². The highest BCUT2D eigenvalue weighted by Crippen LogP contribution is 2.19. The zero-order chi connectivity index (χ0) is 15.0. The second kappa shape index (κ2) is 5.05. The van der Waals surface area contributed by atoms with E-state index < -0.39 is 0 Å². The van der Waals surface area contributed by atoms with Crippen molar-refractivity contribution in [2.75, 3.05) is 0 Å². The van der Waals surface area contributed by atoms with Crippen LogP contribution < -0.4 is 5.32 Å². The molecule has 0 spiro atoms. The topological polar surface area (TPSA) is 73.0 Å². The van der Waals surface area contributed by atoms with Crippen LogP contribution in [-0.4, -0.2) is 20.7 Å². The Bertz CT molecular complexity index is 803. The molecule has 0 fully saturated rings. The Hall–Kier alpha value is -2.63. The van der Waals surface area contributed by atoms with E-state index in [1.165, 1.54) is 0 Å². The summed E-state index contributed by atoms with van der Waals surface area (Å²) in [5.41, 5.74) is 2.89. The van der Waals surface area contributed by atoms with E-state index in [0.717, 1.165) is 16.7 Å². The molecule has 0 aliphatic carbocycles. The summed E-state index contributed by atoms with van der Waals surface area (Å²) in [7, 11) is 1.85. The van der Waals surface area contributed by atoms with Crippen molar-refractivity contribution in [1.29, 1.82) is 0 Å². The third-order valence-electron chi connectivity index (χ3n) is 3.44. The van der Waals surface area contributed by atoms with Crippen LogP contribution in [0.2, 0.25) is 0 Å². The van der Waals surface area contributed by atoms with E-state index in [2.05, 4.69) is 15.4 Å². The summed E-state index contributed by atoms with van der Waals surface area (Å²) >= 11 is 0. The molecule has 0 atom stereocenters. The standard InChI is InChI=1S/C15H16N4O2/c1-9-13(15(20)16-8-11-5-4-6-21-11)7-12-10(2)18-19(3)14(12)17-9/h4-7H,8H2,1-3H3,(H,16,20). The lowest BCUT2D eigenvalue weighted by Crippen LogP contribution is -2.23. The van der Waals surface area contributed by atoms with Gasteiger partial charge in [0.05, 0.1) is 29.8 Å². The first-order valence-corrected chi connectivity index (χ1v) is 6.68. The summed E-state index contributed by atoms with van der Waals surface area (Å²) in [6.07, 6.45) is 1.58. The minimum Gasteiger partial charge on any atom is -0.467 e. The molecule has 6 heteroatoms. The summed E-state index contributed by atoms with van der Waals surface area (Å²) in [5.74, 6) is 0.550. The smallest absolute Gasteiger partial charge is 0.253 e. The van der Waals surface area contributed by atoms with Gasteiger partial charge < -0.3 is 9.73 Å². The Labute approximate surface area is 121 Å². The maximum absolute atomic E-state index is 12.3. The molecule has 1 amide bonds. The third kappa shape index (κ3) is 2.40. The van der Waals surface area contributed by atoms with Crippen LogP contribution in [0.25, 0.3) is 11.0 Å². The molecular formula is C15H16N4O2. The van der Waals surface area contributed by atoms with E-state index in [1.807, 2.05) is 33.0 Å². The highest BCUT2D eigenvalue weighted by atomic mass is 16.3. The Balaban J connectivity index is 1.90. The molecule has 3 heterocycles. The molecule has 0 unspecified atom stereocenters. The predicted octanol–water partition coefficient (Wildman–Crippen LogP) is 2.11. The van der Waals surface area contributed by atoms with Gasteiger partial charge in [0.25, 0.3) is 5.91 Å². The molecule has 0 aliphatic rings. The van der Waals surface area contributed by atoms with Crippen LogP contribution in [0.1, 0.15) is 27.5 Å². The van der Waals surface area contributed by atoms with Crippen molar-refractivity contribution in [3.63, 3.8) is 0 Å². The molecule has 108 valence electrons. The van der Waals surface area contributed by atoms with Crippen molar-refractivity contribution >= 4 is 16.9 Å². The van der Waals surface area contributed by atoms with Crippen molar-refractivity contribution in [2.24, 2.45) is 7.05 Å². The number of nitrogens with one attached hydrogen (secondary N) is 1. The molecular weight excluding hydrogens is 268 g/mol. The molecule has 3 aromatic rings. The number of hydrogen-bond donors (Lipinski definition) is 1. The van der Waals surface area contributed by atoms with Crippen molar-refractivity contribution < 1.29 is 9.21 Å². The SMILES string of the molecule is Cc1nc2c(cc1C(=O)NCc1ccco1)c(C)nn2C. The Kier molecular flexibility index (Phi) is 3.21. The first-order valence-electron chi connectivity index (χ1n) is 6.68. The van der Waals surface area contributed by atoms with Crippen LogP contribution in [0.5, 0.6) is 0 Å². The van der Waals surface area contributed by atoms with Crippen LogP contribution >= 0.6 is 0 Å². The summed E-state index contributed by atoms with van der Waals surface area (Å²) in [4.78, 5) is 16.8. The summed E-state index contributed by atoms with van der Waals surface area (Å²) < 4.78 is 6.92. The van der Waals surface area contributed by atoms with Gasteiger partial charge in [-0.05, 0) is 32.0 Å². The molecule has 0 saturated carbocycles. The second-order valence-corrected chi connectivity index (χ2v) is 4.96. The van der Waals surface area contributed by atoms with Crippen LogP contribution in [0.15, 0.2) is 28.9 Å². The van der Waals surface area contributed by atoms with Crippen LogP contribution in [0.4, 0.5) is 0 Å². The molecule has 1 N–H and O–H groups in total. The fourth-order valence-electron chi connectivity index (χ4n) is 2.34. The highest BCUT2D eigenvalue weighted by molar-refractivity contribution is 5.98. The largest absolute Gasteiger partial charge is 0.467 e. The lowest BCUT2D eigenvalue weighted by Gasteiger charge is -2.07. The van der Waals surface area contributed by atoms with E-state index in [9.17, 15) is 4.79 Å². The number of pyridine rings is 1. The highest BCUT2D eigenvalue weighted by Gasteiger charge is 2.15. The number of aryl methyl sites for hydroxylation is 3. The molecule has 6 nitrogen and oxygen atoms in total. The van der Waals surface area contributed by atoms with Crippen LogP contribution in [-0.2, 0) is 13.6 Å². The second-order valence-electron chi connectivity index (χ2n) is 4.96. The number of carbonyl (C=O) groups is 1. The molecule has 0 aromatic carbocycles. The molecule has 3 rings (SSSR count). The molecule has 0 bridgehead atoms. The van der Waals surface area contributed by atoms with Gasteiger partial charge in [0.15, 0.2) is 5.65 Å². The number of nitrogens with zero attached hydrogens (tertiary/aromatic N) is 3. The van der Waals surface area contributed by atoms with Crippen molar-refractivity contribution in [3.8, 4) is 0 Å². The van der Waals surface area contributed by atoms with Crippen molar-refractivity contribution in [3.05, 3.63) is 47.2 Å². The van der Waals surface area contributed by atoms with Gasteiger partial charge in [0, 0.05) is 12.4 Å². The van der Waals surface area contributed by atoms with Gasteiger partial charge in [0.1, 0.15) is 5.76 Å². The average Bonchev–Trinajstić information content (AvgIpc) is 3.05. The Morgan fingerprint density at radius 3 is 2.90 bits per heavy atom. The van der Waals surface area contributed by atoms with Gasteiger partial charge in [-0.15, -0.1) is 0 Å². The predicted molar refractivity (Wildman–Crippen MR) is 77.9 cm³/mol. The van der Waals surface area contributed by atoms with E-state index in [4.69, 9.17) is 4.42 Å². The number of rotatable bonds is 3. The fourth-order valence-corrected chi connectivity index (χ4v) is 2.34. The summed E-state index contributed by atoms with van der Waals surface area (Å²) in [6, 6.07) is 5.46. The quantitative estimate of drug-likeness (QED) is 0.799. The molecule has 0 radical (unpaired) electrons. The van der Waals surface area contributed by atoms with E-state index in [1.54, 1.807) is 17.0 Å². The first-order chi connectivity index (χ1) is 10.1. The number of aromatic nitrogens is 3. The molecule has 0 saturated heterocycles. The van der Waals surface area contributed by atoms with Crippen LogP contribution in [0, 0.1) is 13.8 Å². The third-order valence-corrected chi connectivity index (χ3v) is 3.44. The number of hydrogen-bond acceptors (Lipinski definition) is 4. The number of furan rings is 1. The zero-order valence-corrected chi connectivity index (χ0v) is 12.2. The zero-order valence-electron chi connectivity index (χ0n) is 12.2. The van der Waals surface area contributed by atoms with Gasteiger partial charge in [0.2, 0.25) is 0 Å². The maximum Gasteiger partial charge on any atom is 0.253 e. The molecule has 21 heavy (non-hydrogen) atoms. The minimum absolute atomic E-state index is 0.165. The number of carbonyl (C=O) groups excluding carboxylic acids is 1. The van der Waals surface area contributed by atoms with Gasteiger partial charge >= 0.3 is 0 Å². The van der Waals surface area contributed by atoms with E-state index >= 15 is 0 Å². The number of amides is 1. The first kappa shape index (κ1) is 13.4. The fraction of sp³-hybridized carbons (Fsp3) is 0.267. The maximum atomic E-state index is 12.3.